The van der Waals surface area contributed by atoms with Crippen LogP contribution in [-0.4, -0.2) is 107 Å². The van der Waals surface area contributed by atoms with Crippen LogP contribution in [0.25, 0.3) is 27.1 Å². The fourth-order valence-corrected chi connectivity index (χ4v) is 13.4. The first-order valence-corrected chi connectivity index (χ1v) is 31.7. The number of aromatic nitrogens is 1. The summed E-state index contributed by atoms with van der Waals surface area (Å²) >= 11 is -2.23. The SMILES string of the molecule is CCC[N+]1=C(/C=C/C(=C/C=C2/N(CCCS(=O)(=O)O)c3ccc4c(S(=O)(=O)O)cc(S(=O)(=O)O)cc4c3C2(C)C)c2ccc(C(=O)NCCc3ccc(NS(=O)O)cc3)cn2)C(C)(C)c2c1ccc1c(C)cc(S(=O)(=O)O)cc21. The lowest BCUT2D eigenvalue weighted by atomic mass is 9.78. The number of benzene rings is 5. The molecule has 6 aromatic rings. The normalized spacial score (nSPS) is 16.5. The van der Waals surface area contributed by atoms with Gasteiger partial charge in [-0.05, 0) is 139 Å². The van der Waals surface area contributed by atoms with E-state index >= 15 is 0 Å². The van der Waals surface area contributed by atoms with E-state index < -0.39 is 84.0 Å². The van der Waals surface area contributed by atoms with Crippen molar-refractivity contribution in [3.8, 4) is 0 Å². The van der Waals surface area contributed by atoms with Gasteiger partial charge >= 0.3 is 0 Å². The molecule has 0 spiro atoms. The molecule has 0 bridgehead atoms. The molecule has 0 saturated heterocycles. The zero-order valence-corrected chi connectivity index (χ0v) is 47.7. The van der Waals surface area contributed by atoms with Crippen LogP contribution < -0.4 is 14.9 Å². The van der Waals surface area contributed by atoms with Gasteiger partial charge in [-0.3, -0.25) is 37.3 Å². The maximum Gasteiger partial charge on any atom is 0.295 e. The summed E-state index contributed by atoms with van der Waals surface area (Å²) in [6.07, 6.45) is 9.67. The molecular formula is C54H58N5O15S5+. The van der Waals surface area contributed by atoms with Crippen LogP contribution >= 0.6 is 0 Å². The van der Waals surface area contributed by atoms with Crippen molar-refractivity contribution in [3.63, 3.8) is 0 Å². The molecule has 1 amide bonds. The van der Waals surface area contributed by atoms with Crippen molar-refractivity contribution in [1.29, 1.82) is 0 Å². The largest absolute Gasteiger partial charge is 0.352 e. The topological polar surface area (TPSA) is 315 Å². The number of nitrogens with zero attached hydrogens (tertiary/aromatic N) is 3. The predicted octanol–water partition coefficient (Wildman–Crippen LogP) is 8.34. The van der Waals surface area contributed by atoms with Gasteiger partial charge in [-0.15, -0.1) is 0 Å². The fraction of sp³-hybridized carbons (Fsp3) is 0.278. The summed E-state index contributed by atoms with van der Waals surface area (Å²) in [5.41, 5.74) is 4.79. The number of amides is 1. The standard InChI is InChI=1S/C54H57N5O15S5/c1-7-25-58-45-19-16-40-33(2)28-38(77(66,67)68)29-42(40)50(45)53(3,4)48(58)21-12-35(44-18-11-36(32-56-44)52(60)55-24-23-34-9-14-37(15-10-34)57-75(61)62)13-22-49-54(5,6)51-43-30-39(78(69,70)71)31-47(79(72,73)74)41(43)17-20-46(51)59(49)26-8-27-76(63,64)65/h9-22,28-32,57H,7-8,23-27H2,1-6H3,(H5-,55,60,61,62,63,64,65,66,67,68,69,70,71,72,73,74)/p+1. The molecule has 2 aliphatic heterocycles. The highest BCUT2D eigenvalue weighted by atomic mass is 32.2. The molecular weight excluding hydrogens is 1120 g/mol. The number of nitrogens with one attached hydrogen (secondary N) is 2. The Kier molecular flexibility index (Phi) is 16.2. The predicted molar refractivity (Wildman–Crippen MR) is 303 cm³/mol. The van der Waals surface area contributed by atoms with E-state index in [0.29, 0.717) is 70.3 Å². The molecule has 0 radical (unpaired) electrons. The Morgan fingerprint density at radius 3 is 2.01 bits per heavy atom. The third kappa shape index (κ3) is 12.3. The number of pyridine rings is 1. The van der Waals surface area contributed by atoms with E-state index in [1.54, 1.807) is 80.3 Å². The minimum atomic E-state index is -5.08. The molecule has 2 aliphatic rings. The Hall–Kier alpha value is -6.52. The third-order valence-corrected chi connectivity index (χ3v) is 17.9. The Balaban J connectivity index is 1.27. The molecule has 1 aromatic heterocycles. The number of carbonyl (C=O) groups excluding carboxylic acids is 1. The van der Waals surface area contributed by atoms with E-state index in [-0.39, 0.29) is 40.7 Å². The molecule has 20 nitrogen and oxygen atoms in total. The van der Waals surface area contributed by atoms with Crippen molar-refractivity contribution in [3.05, 3.63) is 155 Å². The Bertz CT molecular complexity index is 4120. The summed E-state index contributed by atoms with van der Waals surface area (Å²) in [6, 6.07) is 21.5. The van der Waals surface area contributed by atoms with E-state index in [9.17, 15) is 60.9 Å². The minimum absolute atomic E-state index is 0.0325. The Labute approximate surface area is 461 Å². The van der Waals surface area contributed by atoms with Crippen LogP contribution in [0.15, 0.2) is 136 Å². The van der Waals surface area contributed by atoms with Gasteiger partial charge in [0.05, 0.1) is 32.2 Å². The lowest BCUT2D eigenvalue weighted by Crippen LogP contribution is -2.28. The van der Waals surface area contributed by atoms with Crippen molar-refractivity contribution < 1.29 is 70.0 Å². The molecule has 0 saturated carbocycles. The van der Waals surface area contributed by atoms with Crippen LogP contribution in [0.5, 0.6) is 0 Å². The van der Waals surface area contributed by atoms with E-state index in [0.717, 1.165) is 34.0 Å². The molecule has 7 N–H and O–H groups in total. The maximum atomic E-state index is 13.5. The Morgan fingerprint density at radius 1 is 0.772 bits per heavy atom. The van der Waals surface area contributed by atoms with Crippen molar-refractivity contribution >= 4 is 108 Å². The molecule has 3 heterocycles. The second kappa shape index (κ2) is 21.8. The summed E-state index contributed by atoms with van der Waals surface area (Å²) < 4.78 is 165. The number of allylic oxidation sites excluding steroid dienone is 6. The lowest BCUT2D eigenvalue weighted by molar-refractivity contribution is -0.437. The van der Waals surface area contributed by atoms with Crippen LogP contribution in [0.2, 0.25) is 0 Å². The maximum absolute atomic E-state index is 13.5. The molecule has 418 valence electrons. The average molecular weight is 1180 g/mol. The van der Waals surface area contributed by atoms with Gasteiger partial charge in [0.15, 0.2) is 5.71 Å². The van der Waals surface area contributed by atoms with E-state index in [2.05, 4.69) is 14.6 Å². The van der Waals surface area contributed by atoms with E-state index in [1.807, 2.05) is 45.1 Å². The smallest absolute Gasteiger partial charge is 0.295 e. The monoisotopic (exact) mass is 1180 g/mol. The van der Waals surface area contributed by atoms with Gasteiger partial charge in [0.25, 0.3) is 57.6 Å². The Morgan fingerprint density at radius 2 is 1.42 bits per heavy atom. The van der Waals surface area contributed by atoms with Crippen LogP contribution in [0, 0.1) is 6.92 Å². The molecule has 79 heavy (non-hydrogen) atoms. The van der Waals surface area contributed by atoms with E-state index in [4.69, 9.17) is 9.54 Å². The first-order chi connectivity index (χ1) is 36.8. The highest BCUT2D eigenvalue weighted by Gasteiger charge is 2.46. The average Bonchev–Trinajstić information content (AvgIpc) is 4.01. The quantitative estimate of drug-likeness (QED) is 0.0173. The molecule has 0 aliphatic carbocycles. The van der Waals surface area contributed by atoms with Gasteiger partial charge in [-0.1, -0.05) is 45.0 Å². The highest BCUT2D eigenvalue weighted by molar-refractivity contribution is 7.87. The zero-order valence-electron chi connectivity index (χ0n) is 43.6. The summed E-state index contributed by atoms with van der Waals surface area (Å²) in [6.45, 7) is 12.1. The number of anilines is 2. The van der Waals surface area contributed by atoms with Crippen LogP contribution in [0.4, 0.5) is 17.1 Å². The summed E-state index contributed by atoms with van der Waals surface area (Å²) in [7, 11) is -19.1. The van der Waals surface area contributed by atoms with Crippen LogP contribution in [-0.2, 0) is 69.0 Å². The minimum Gasteiger partial charge on any atom is -0.352 e. The molecule has 1 atom stereocenters. The van der Waals surface area contributed by atoms with Crippen LogP contribution in [0.3, 0.4) is 0 Å². The van der Waals surface area contributed by atoms with Gasteiger partial charge < -0.3 is 10.2 Å². The number of hydrogen-bond acceptors (Lipinski definition) is 12. The van der Waals surface area contributed by atoms with Gasteiger partial charge in [0, 0.05) is 76.9 Å². The highest BCUT2D eigenvalue weighted by Crippen LogP contribution is 2.52. The number of aryl methyl sites for hydroxylation is 1. The summed E-state index contributed by atoms with van der Waals surface area (Å²) in [5.74, 6) is -1.05. The number of hydrogen-bond donors (Lipinski definition) is 7. The molecule has 25 heteroatoms. The van der Waals surface area contributed by atoms with Crippen molar-refractivity contribution in [2.45, 2.75) is 86.3 Å². The van der Waals surface area contributed by atoms with Crippen LogP contribution in [0.1, 0.15) is 85.8 Å². The molecule has 8 rings (SSSR count). The first-order valence-electron chi connectivity index (χ1n) is 24.6. The van der Waals surface area contributed by atoms with Gasteiger partial charge in [-0.2, -0.15) is 38.2 Å². The second-order valence-electron chi connectivity index (χ2n) is 20.3. The third-order valence-electron chi connectivity index (χ3n) is 14.2. The molecule has 5 aromatic carbocycles. The van der Waals surface area contributed by atoms with Crippen molar-refractivity contribution in [2.24, 2.45) is 0 Å². The van der Waals surface area contributed by atoms with Gasteiger partial charge in [0.2, 0.25) is 5.69 Å². The van der Waals surface area contributed by atoms with E-state index in [1.165, 1.54) is 24.4 Å². The number of carbonyl (C=O) groups is 1. The zero-order chi connectivity index (χ0) is 57.8. The van der Waals surface area contributed by atoms with Gasteiger partial charge in [0.1, 0.15) is 11.4 Å². The number of fused-ring (bicyclic) bond motifs is 6. The fourth-order valence-electron chi connectivity index (χ4n) is 10.6. The lowest BCUT2D eigenvalue weighted by Gasteiger charge is -2.27. The summed E-state index contributed by atoms with van der Waals surface area (Å²) in [4.78, 5) is 18.2. The number of rotatable bonds is 19. The first kappa shape index (κ1) is 58.6. The van der Waals surface area contributed by atoms with Gasteiger partial charge in [-0.25, -0.2) is 4.21 Å². The second-order valence-corrected chi connectivity index (χ2v) is 26.8. The molecule has 0 fully saturated rings. The van der Waals surface area contributed by atoms with Crippen molar-refractivity contribution in [2.75, 3.05) is 35.0 Å². The van der Waals surface area contributed by atoms with Crippen molar-refractivity contribution in [1.82, 2.24) is 10.3 Å². The summed E-state index contributed by atoms with van der Waals surface area (Å²) in [5, 5.41) is 4.30. The molecule has 1 unspecified atom stereocenters.